The van der Waals surface area contributed by atoms with Gasteiger partial charge in [0.25, 0.3) is 5.91 Å². The van der Waals surface area contributed by atoms with Crippen LogP contribution in [0.25, 0.3) is 0 Å². The predicted molar refractivity (Wildman–Crippen MR) is 45.7 cm³/mol. The Morgan fingerprint density at radius 3 is 2.47 bits per heavy atom. The van der Waals surface area contributed by atoms with E-state index in [9.17, 15) is 13.6 Å². The number of rotatable bonds is 1. The minimum atomic E-state index is -0.636. The number of halogens is 2. The largest absolute Gasteiger partial charge is 0.346 e. The number of nitrogens with zero attached hydrogens (tertiary/aromatic N) is 1. The first-order chi connectivity index (χ1) is 7.16. The lowest BCUT2D eigenvalue weighted by Gasteiger charge is -2.02. The third-order valence-corrected chi connectivity index (χ3v) is 2.65. The second-order valence-electron chi connectivity index (χ2n) is 3.65. The van der Waals surface area contributed by atoms with E-state index in [1.165, 1.54) is 17.0 Å². The number of ether oxygens (including phenoxy) is 1. The van der Waals surface area contributed by atoms with Gasteiger partial charge >= 0.3 is 0 Å². The average Bonchev–Trinajstić information content (AvgIpc) is 2.76. The number of morpholine rings is 1. The molecule has 0 aromatic heterocycles. The molecule has 2 atom stereocenters. The minimum absolute atomic E-state index is 0.0684. The molecule has 0 radical (unpaired) electrons. The summed E-state index contributed by atoms with van der Waals surface area (Å²) in [6.45, 7) is 0.0684. The molecule has 2 heterocycles. The fourth-order valence-corrected chi connectivity index (χ4v) is 1.98. The van der Waals surface area contributed by atoms with Crippen molar-refractivity contribution in [2.45, 2.75) is 12.3 Å². The van der Waals surface area contributed by atoms with Gasteiger partial charge in [0.1, 0.15) is 24.3 Å². The number of benzene rings is 1. The lowest BCUT2D eigenvalue weighted by Crippen LogP contribution is -2.11. The van der Waals surface area contributed by atoms with E-state index in [0.29, 0.717) is 5.56 Å². The highest BCUT2D eigenvalue weighted by Crippen LogP contribution is 2.47. The van der Waals surface area contributed by atoms with Gasteiger partial charge in [-0.25, -0.2) is 8.78 Å². The lowest BCUT2D eigenvalue weighted by molar-refractivity contribution is -0.125. The summed E-state index contributed by atoms with van der Waals surface area (Å²) in [7, 11) is 0. The summed E-state index contributed by atoms with van der Waals surface area (Å²) in [5, 5.41) is 0. The van der Waals surface area contributed by atoms with Crippen molar-refractivity contribution in [3.8, 4) is 0 Å². The number of carbonyl (C=O) groups is 1. The van der Waals surface area contributed by atoms with Crippen LogP contribution in [-0.2, 0) is 9.53 Å². The summed E-state index contributed by atoms with van der Waals surface area (Å²) < 4.78 is 30.9. The average molecular weight is 211 g/mol. The second kappa shape index (κ2) is 2.76. The molecule has 15 heavy (non-hydrogen) atoms. The lowest BCUT2D eigenvalue weighted by atomic mass is 10.1. The number of amides is 1. The molecule has 1 amide bonds. The standard InChI is InChI=1S/C10H7F2NO2/c11-6-1-5(2-7(12)3-6)9-10-13(9)8(14)4-15-10/h1-3,9-10H,4H2/t9-,10?,13?/m1/s1. The van der Waals surface area contributed by atoms with Gasteiger partial charge in [0.2, 0.25) is 0 Å². The van der Waals surface area contributed by atoms with Crippen LogP contribution in [-0.4, -0.2) is 23.6 Å². The first-order valence-electron chi connectivity index (χ1n) is 4.55. The van der Waals surface area contributed by atoms with Crippen LogP contribution in [0.2, 0.25) is 0 Å². The highest BCUT2D eigenvalue weighted by molar-refractivity contribution is 5.83. The fourth-order valence-electron chi connectivity index (χ4n) is 1.98. The summed E-state index contributed by atoms with van der Waals surface area (Å²) >= 11 is 0. The number of hydrogen-bond acceptors (Lipinski definition) is 2. The Balaban J connectivity index is 1.93. The SMILES string of the molecule is O=C1COC2[C@@H](c3cc(F)cc(F)c3)N12. The Hall–Kier alpha value is -1.49. The Morgan fingerprint density at radius 1 is 1.27 bits per heavy atom. The van der Waals surface area contributed by atoms with Crippen LogP contribution < -0.4 is 0 Å². The molecule has 2 saturated heterocycles. The molecule has 0 N–H and O–H groups in total. The van der Waals surface area contributed by atoms with E-state index in [0.717, 1.165) is 6.07 Å². The molecular formula is C10H7F2NO2. The molecule has 5 heteroatoms. The summed E-state index contributed by atoms with van der Waals surface area (Å²) in [5.41, 5.74) is 0.450. The molecule has 1 aromatic carbocycles. The van der Waals surface area contributed by atoms with Crippen LogP contribution in [0.1, 0.15) is 11.6 Å². The quantitative estimate of drug-likeness (QED) is 0.653. The minimum Gasteiger partial charge on any atom is -0.346 e. The summed E-state index contributed by atoms with van der Waals surface area (Å²) in [6.07, 6.45) is -0.321. The maximum Gasteiger partial charge on any atom is 0.251 e. The van der Waals surface area contributed by atoms with Crippen LogP contribution in [0.3, 0.4) is 0 Å². The van der Waals surface area contributed by atoms with Gasteiger partial charge in [-0.15, -0.1) is 0 Å². The molecule has 2 aliphatic heterocycles. The molecule has 0 saturated carbocycles. The van der Waals surface area contributed by atoms with Crippen molar-refractivity contribution >= 4 is 5.91 Å². The van der Waals surface area contributed by atoms with Gasteiger partial charge in [-0.05, 0) is 17.7 Å². The zero-order valence-electron chi connectivity index (χ0n) is 7.61. The van der Waals surface area contributed by atoms with E-state index in [1.54, 1.807) is 0 Å². The van der Waals surface area contributed by atoms with Crippen LogP contribution in [0, 0.1) is 11.6 Å². The van der Waals surface area contributed by atoms with Gasteiger partial charge in [-0.2, -0.15) is 0 Å². The zero-order chi connectivity index (χ0) is 10.6. The van der Waals surface area contributed by atoms with Gasteiger partial charge in [0.05, 0.1) is 0 Å². The Kier molecular flexibility index (Phi) is 1.62. The van der Waals surface area contributed by atoms with Crippen LogP contribution in [0.15, 0.2) is 18.2 Å². The summed E-state index contributed by atoms with van der Waals surface area (Å²) in [5.74, 6) is -1.40. The fraction of sp³-hybridized carbons (Fsp3) is 0.300. The van der Waals surface area contributed by atoms with Gasteiger partial charge in [-0.3, -0.25) is 4.79 Å². The Labute approximate surface area is 84.2 Å². The van der Waals surface area contributed by atoms with Crippen LogP contribution in [0.4, 0.5) is 8.78 Å². The molecular weight excluding hydrogens is 204 g/mol. The monoisotopic (exact) mass is 211 g/mol. The Morgan fingerprint density at radius 2 is 1.93 bits per heavy atom. The highest BCUT2D eigenvalue weighted by atomic mass is 19.1. The molecule has 2 aliphatic rings. The van der Waals surface area contributed by atoms with Crippen molar-refractivity contribution in [2.75, 3.05) is 6.61 Å². The maximum absolute atomic E-state index is 12.9. The zero-order valence-corrected chi connectivity index (χ0v) is 7.61. The van der Waals surface area contributed by atoms with E-state index in [4.69, 9.17) is 4.74 Å². The number of carbonyl (C=O) groups excluding carboxylic acids is 1. The van der Waals surface area contributed by atoms with Crippen LogP contribution >= 0.6 is 0 Å². The normalized spacial score (nSPS) is 28.1. The third kappa shape index (κ3) is 1.23. The van der Waals surface area contributed by atoms with E-state index >= 15 is 0 Å². The van der Waals surface area contributed by atoms with Crippen molar-refractivity contribution < 1.29 is 18.3 Å². The van der Waals surface area contributed by atoms with Crippen molar-refractivity contribution in [1.82, 2.24) is 4.90 Å². The van der Waals surface area contributed by atoms with E-state index in [-0.39, 0.29) is 24.8 Å². The number of hydrogen-bond donors (Lipinski definition) is 0. The molecule has 78 valence electrons. The van der Waals surface area contributed by atoms with Crippen molar-refractivity contribution in [2.24, 2.45) is 0 Å². The van der Waals surface area contributed by atoms with E-state index < -0.39 is 11.6 Å². The number of fused-ring (bicyclic) bond motifs is 1. The van der Waals surface area contributed by atoms with Gasteiger partial charge < -0.3 is 9.64 Å². The summed E-state index contributed by atoms with van der Waals surface area (Å²) in [4.78, 5) is 12.7. The first-order valence-corrected chi connectivity index (χ1v) is 4.55. The summed E-state index contributed by atoms with van der Waals surface area (Å²) in [6, 6.07) is 2.95. The third-order valence-electron chi connectivity index (χ3n) is 2.65. The Bertz CT molecular complexity index is 429. The van der Waals surface area contributed by atoms with Crippen molar-refractivity contribution in [3.05, 3.63) is 35.4 Å². The van der Waals surface area contributed by atoms with Gasteiger partial charge in [-0.1, -0.05) is 0 Å². The van der Waals surface area contributed by atoms with Crippen molar-refractivity contribution in [1.29, 1.82) is 0 Å². The molecule has 2 fully saturated rings. The molecule has 3 rings (SSSR count). The molecule has 0 bridgehead atoms. The highest BCUT2D eigenvalue weighted by Gasteiger charge is 2.57. The van der Waals surface area contributed by atoms with E-state index in [2.05, 4.69) is 0 Å². The van der Waals surface area contributed by atoms with Crippen LogP contribution in [0.5, 0.6) is 0 Å². The molecule has 1 unspecified atom stereocenters. The predicted octanol–water partition coefficient (Wildman–Crippen LogP) is 1.20. The van der Waals surface area contributed by atoms with Gasteiger partial charge in [0, 0.05) is 6.07 Å². The van der Waals surface area contributed by atoms with E-state index in [1.807, 2.05) is 0 Å². The smallest absolute Gasteiger partial charge is 0.251 e. The molecule has 0 aliphatic carbocycles. The topological polar surface area (TPSA) is 29.3 Å². The molecule has 0 spiro atoms. The first kappa shape index (κ1) is 8.79. The van der Waals surface area contributed by atoms with Crippen molar-refractivity contribution in [3.63, 3.8) is 0 Å². The maximum atomic E-state index is 12.9. The molecule has 1 aromatic rings. The second-order valence-corrected chi connectivity index (χ2v) is 3.65. The molecule has 3 nitrogen and oxygen atoms in total. The van der Waals surface area contributed by atoms with Gasteiger partial charge in [0.15, 0.2) is 6.23 Å².